The first-order chi connectivity index (χ1) is 15.4. The highest BCUT2D eigenvalue weighted by Crippen LogP contribution is 2.47. The van der Waals surface area contributed by atoms with Gasteiger partial charge in [0.2, 0.25) is 0 Å². The minimum Gasteiger partial charge on any atom is -0.494 e. The summed E-state index contributed by atoms with van der Waals surface area (Å²) in [5, 5.41) is 0. The van der Waals surface area contributed by atoms with Crippen molar-refractivity contribution < 1.29 is 19.1 Å². The third kappa shape index (κ3) is 4.42. The van der Waals surface area contributed by atoms with E-state index in [2.05, 4.69) is 18.7 Å². The van der Waals surface area contributed by atoms with Crippen LogP contribution in [0, 0.1) is 11.8 Å². The molecule has 0 aromatic heterocycles. The molecule has 0 bridgehead atoms. The van der Waals surface area contributed by atoms with Crippen LogP contribution in [-0.2, 0) is 14.3 Å². The Morgan fingerprint density at radius 2 is 1.91 bits per heavy atom. The first kappa shape index (κ1) is 22.8. The highest BCUT2D eigenvalue weighted by molar-refractivity contribution is 6.11. The Hall–Kier alpha value is -2.34. The average Bonchev–Trinajstić information content (AvgIpc) is 3.05. The van der Waals surface area contributed by atoms with Crippen molar-refractivity contribution in [3.8, 4) is 5.75 Å². The SMILES string of the molecule is CCCOc1ccc(C2C3=C(OC4CCC(C)CC4C3=O)C(=O)N2CCCN(C)C)cc1. The Morgan fingerprint density at radius 1 is 1.16 bits per heavy atom. The maximum atomic E-state index is 13.7. The number of fused-ring (bicyclic) bond motifs is 1. The summed E-state index contributed by atoms with van der Waals surface area (Å²) in [6, 6.07) is 7.46. The summed E-state index contributed by atoms with van der Waals surface area (Å²) < 4.78 is 12.0. The number of ether oxygens (including phenoxy) is 2. The van der Waals surface area contributed by atoms with Gasteiger partial charge in [-0.05, 0) is 76.4 Å². The van der Waals surface area contributed by atoms with Crippen molar-refractivity contribution in [1.82, 2.24) is 9.80 Å². The van der Waals surface area contributed by atoms with E-state index in [-0.39, 0.29) is 29.8 Å². The molecule has 32 heavy (non-hydrogen) atoms. The van der Waals surface area contributed by atoms with Gasteiger partial charge in [0.15, 0.2) is 11.5 Å². The molecule has 6 nitrogen and oxygen atoms in total. The Kier molecular flexibility index (Phi) is 6.89. The number of amides is 1. The second-order valence-corrected chi connectivity index (χ2v) is 9.76. The van der Waals surface area contributed by atoms with Gasteiger partial charge < -0.3 is 19.3 Å². The van der Waals surface area contributed by atoms with Gasteiger partial charge in [0, 0.05) is 6.54 Å². The zero-order chi connectivity index (χ0) is 22.8. The molecule has 1 aromatic carbocycles. The molecule has 0 radical (unpaired) electrons. The molecule has 0 spiro atoms. The Bertz CT molecular complexity index is 876. The second kappa shape index (κ2) is 9.65. The Morgan fingerprint density at radius 3 is 2.59 bits per heavy atom. The molecule has 174 valence electrons. The monoisotopic (exact) mass is 440 g/mol. The lowest BCUT2D eigenvalue weighted by Gasteiger charge is -2.37. The van der Waals surface area contributed by atoms with Crippen molar-refractivity contribution in [2.45, 2.75) is 58.1 Å². The summed E-state index contributed by atoms with van der Waals surface area (Å²) in [6.07, 6.45) is 4.35. The molecule has 2 heterocycles. The van der Waals surface area contributed by atoms with Crippen LogP contribution in [0.1, 0.15) is 57.6 Å². The molecular formula is C26H36N2O4. The van der Waals surface area contributed by atoms with Crippen LogP contribution in [-0.4, -0.2) is 61.4 Å². The standard InChI is InChI=1S/C26H36N2O4/c1-5-15-31-19-10-8-18(9-11-19)23-22-24(29)20-16-17(2)7-12-21(20)32-25(22)26(30)28(23)14-6-13-27(3)4/h8-11,17,20-21,23H,5-7,12-16H2,1-4H3. The first-order valence-electron chi connectivity index (χ1n) is 12.0. The lowest BCUT2D eigenvalue weighted by atomic mass is 9.74. The molecule has 4 atom stereocenters. The van der Waals surface area contributed by atoms with E-state index in [1.54, 1.807) is 0 Å². The van der Waals surface area contributed by atoms with E-state index in [0.717, 1.165) is 50.0 Å². The molecule has 1 aliphatic carbocycles. The van der Waals surface area contributed by atoms with Gasteiger partial charge in [0.25, 0.3) is 5.91 Å². The average molecular weight is 441 g/mol. The molecule has 1 aromatic rings. The first-order valence-corrected chi connectivity index (χ1v) is 12.0. The minimum atomic E-state index is -0.384. The molecule has 1 saturated carbocycles. The van der Waals surface area contributed by atoms with E-state index in [4.69, 9.17) is 9.47 Å². The van der Waals surface area contributed by atoms with Crippen molar-refractivity contribution in [3.05, 3.63) is 41.2 Å². The van der Waals surface area contributed by atoms with Crippen LogP contribution >= 0.6 is 0 Å². The molecule has 3 aliphatic rings. The summed E-state index contributed by atoms with van der Waals surface area (Å²) in [5.41, 5.74) is 1.51. The smallest absolute Gasteiger partial charge is 0.290 e. The number of rotatable bonds is 8. The number of carbonyl (C=O) groups excluding carboxylic acids is 2. The van der Waals surface area contributed by atoms with E-state index < -0.39 is 0 Å². The quantitative estimate of drug-likeness (QED) is 0.612. The largest absolute Gasteiger partial charge is 0.494 e. The lowest BCUT2D eigenvalue weighted by molar-refractivity contribution is -0.136. The zero-order valence-corrected chi connectivity index (χ0v) is 19.8. The summed E-state index contributed by atoms with van der Waals surface area (Å²) in [6.45, 7) is 6.41. The third-order valence-electron chi connectivity index (χ3n) is 6.88. The van der Waals surface area contributed by atoms with Crippen LogP contribution in [0.3, 0.4) is 0 Å². The van der Waals surface area contributed by atoms with Crippen LogP contribution in [0.15, 0.2) is 35.6 Å². The second-order valence-electron chi connectivity index (χ2n) is 9.76. The molecule has 4 rings (SSSR count). The number of hydrogen-bond donors (Lipinski definition) is 0. The van der Waals surface area contributed by atoms with Crippen molar-refractivity contribution in [2.24, 2.45) is 11.8 Å². The van der Waals surface area contributed by atoms with E-state index in [1.807, 2.05) is 43.3 Å². The zero-order valence-electron chi connectivity index (χ0n) is 19.8. The van der Waals surface area contributed by atoms with E-state index in [9.17, 15) is 9.59 Å². The fourth-order valence-corrected chi connectivity index (χ4v) is 5.23. The van der Waals surface area contributed by atoms with Crippen LogP contribution in [0.5, 0.6) is 5.75 Å². The molecule has 4 unspecified atom stereocenters. The number of nitrogens with zero attached hydrogens (tertiary/aromatic N) is 2. The van der Waals surface area contributed by atoms with Gasteiger partial charge in [-0.15, -0.1) is 0 Å². The number of hydrogen-bond acceptors (Lipinski definition) is 5. The van der Waals surface area contributed by atoms with E-state index in [0.29, 0.717) is 30.4 Å². The van der Waals surface area contributed by atoms with Crippen molar-refractivity contribution in [3.63, 3.8) is 0 Å². The van der Waals surface area contributed by atoms with Gasteiger partial charge in [0.05, 0.1) is 24.1 Å². The van der Waals surface area contributed by atoms with Crippen LogP contribution in [0.4, 0.5) is 0 Å². The van der Waals surface area contributed by atoms with Gasteiger partial charge in [0.1, 0.15) is 11.9 Å². The van der Waals surface area contributed by atoms with Gasteiger partial charge in [-0.3, -0.25) is 9.59 Å². The predicted octanol–water partition coefficient (Wildman–Crippen LogP) is 3.97. The van der Waals surface area contributed by atoms with Crippen LogP contribution < -0.4 is 4.74 Å². The number of Topliss-reactive ketones (excluding diaryl/α,β-unsaturated/α-hetero) is 1. The van der Waals surface area contributed by atoms with Gasteiger partial charge in [-0.2, -0.15) is 0 Å². The Balaban J connectivity index is 1.66. The Labute approximate surface area is 191 Å². The fraction of sp³-hybridized carbons (Fsp3) is 0.615. The minimum absolute atomic E-state index is 0.113. The third-order valence-corrected chi connectivity index (χ3v) is 6.88. The lowest BCUT2D eigenvalue weighted by Crippen LogP contribution is -2.41. The maximum Gasteiger partial charge on any atom is 0.290 e. The van der Waals surface area contributed by atoms with Crippen molar-refractivity contribution in [1.29, 1.82) is 0 Å². The van der Waals surface area contributed by atoms with Gasteiger partial charge in [-0.1, -0.05) is 26.0 Å². The molecule has 0 saturated heterocycles. The molecule has 1 fully saturated rings. The highest BCUT2D eigenvalue weighted by Gasteiger charge is 2.52. The molecule has 6 heteroatoms. The van der Waals surface area contributed by atoms with E-state index in [1.165, 1.54) is 0 Å². The topological polar surface area (TPSA) is 59.1 Å². The number of ketones is 1. The molecule has 0 N–H and O–H groups in total. The van der Waals surface area contributed by atoms with E-state index >= 15 is 0 Å². The summed E-state index contributed by atoms with van der Waals surface area (Å²) >= 11 is 0. The number of carbonyl (C=O) groups is 2. The van der Waals surface area contributed by atoms with Crippen LogP contribution in [0.2, 0.25) is 0 Å². The summed E-state index contributed by atoms with van der Waals surface area (Å²) in [5.74, 6) is 1.45. The molecule has 1 amide bonds. The van der Waals surface area contributed by atoms with Gasteiger partial charge >= 0.3 is 0 Å². The molecular weight excluding hydrogens is 404 g/mol. The summed E-state index contributed by atoms with van der Waals surface area (Å²) in [7, 11) is 4.06. The summed E-state index contributed by atoms with van der Waals surface area (Å²) in [4.78, 5) is 31.1. The fourth-order valence-electron chi connectivity index (χ4n) is 5.23. The maximum absolute atomic E-state index is 13.7. The van der Waals surface area contributed by atoms with Crippen LogP contribution in [0.25, 0.3) is 0 Å². The predicted molar refractivity (Wildman–Crippen MR) is 123 cm³/mol. The molecule has 2 aliphatic heterocycles. The van der Waals surface area contributed by atoms with Gasteiger partial charge in [-0.25, -0.2) is 0 Å². The van der Waals surface area contributed by atoms with Crippen molar-refractivity contribution >= 4 is 11.7 Å². The van der Waals surface area contributed by atoms with Crippen molar-refractivity contribution in [2.75, 3.05) is 33.8 Å². The number of benzene rings is 1. The highest BCUT2D eigenvalue weighted by atomic mass is 16.5. The normalized spacial score (nSPS) is 27.5.